The third-order valence-corrected chi connectivity index (χ3v) is 6.50. The number of hydrogen-bond acceptors (Lipinski definition) is 3. The number of alkyl halides is 3. The van der Waals surface area contributed by atoms with E-state index >= 15 is 0 Å². The Morgan fingerprint density at radius 2 is 1.71 bits per heavy atom. The molecule has 0 saturated carbocycles. The zero-order valence-electron chi connectivity index (χ0n) is 11.6. The van der Waals surface area contributed by atoms with Crippen LogP contribution in [0.25, 0.3) is 0 Å². The average molecular weight is 338 g/mol. The van der Waals surface area contributed by atoms with Gasteiger partial charge in [0.05, 0.1) is 16.8 Å². The second-order valence-corrected chi connectivity index (χ2v) is 8.13. The van der Waals surface area contributed by atoms with E-state index in [-0.39, 0.29) is 0 Å². The van der Waals surface area contributed by atoms with Crippen LogP contribution < -0.4 is 0 Å². The van der Waals surface area contributed by atoms with Crippen molar-refractivity contribution >= 4 is 21.9 Å². The normalized spacial score (nSPS) is 20.0. The zero-order valence-corrected chi connectivity index (χ0v) is 13.2. The monoisotopic (exact) mass is 338 g/mol. The molecule has 0 amide bonds. The van der Waals surface area contributed by atoms with E-state index < -0.39 is 27.4 Å². The Balaban J connectivity index is 2.42. The molecule has 118 valence electrons. The number of hydrogen-bond donors (Lipinski definition) is 0. The molecule has 1 aliphatic heterocycles. The molecule has 1 aromatic rings. The summed E-state index contributed by atoms with van der Waals surface area (Å²) in [4.78, 5) is 0.340. The van der Waals surface area contributed by atoms with Crippen molar-refractivity contribution in [1.82, 2.24) is 4.31 Å². The molecule has 1 atom stereocenters. The largest absolute Gasteiger partial charge is 0.464 e. The fourth-order valence-electron chi connectivity index (χ4n) is 2.16. The van der Waals surface area contributed by atoms with Gasteiger partial charge in [0.2, 0.25) is 0 Å². The quantitative estimate of drug-likeness (QED) is 0.766. The lowest BCUT2D eigenvalue weighted by Gasteiger charge is -2.29. The summed E-state index contributed by atoms with van der Waals surface area (Å²) in [6, 6.07) is 6.69. The molecule has 2 rings (SSSR count). The van der Waals surface area contributed by atoms with Gasteiger partial charge in [-0.3, -0.25) is 0 Å². The summed E-state index contributed by atoms with van der Waals surface area (Å²) in [5, 5.41) is 0. The molecule has 8 heteroatoms. The van der Waals surface area contributed by atoms with Gasteiger partial charge in [-0.15, -0.1) is 3.77 Å². The van der Waals surface area contributed by atoms with Crippen molar-refractivity contribution in [2.75, 3.05) is 13.1 Å². The lowest BCUT2D eigenvalue weighted by molar-refractivity contribution is -0.0327. The zero-order chi connectivity index (χ0) is 15.5. The molecule has 1 heterocycles. The fourth-order valence-corrected chi connectivity index (χ4v) is 5.17. The van der Waals surface area contributed by atoms with E-state index in [1.165, 1.54) is 0 Å². The van der Waals surface area contributed by atoms with Crippen LogP contribution in [0.15, 0.2) is 32.9 Å². The van der Waals surface area contributed by atoms with Gasteiger partial charge in [0.1, 0.15) is 0 Å². The highest BCUT2D eigenvalue weighted by Crippen LogP contribution is 2.35. The summed E-state index contributed by atoms with van der Waals surface area (Å²) < 4.78 is 55.6. The first-order valence-corrected chi connectivity index (χ1v) is 8.89. The Hall–Kier alpha value is -0.730. The van der Waals surface area contributed by atoms with Crippen molar-refractivity contribution in [1.29, 1.82) is 0 Å². The minimum absolute atomic E-state index is 0.340. The van der Waals surface area contributed by atoms with E-state index in [4.69, 9.17) is 0 Å². The van der Waals surface area contributed by atoms with E-state index in [1.807, 2.05) is 6.92 Å². The smallest absolute Gasteiger partial charge is 0.227 e. The van der Waals surface area contributed by atoms with Crippen LogP contribution in [0.4, 0.5) is 13.2 Å². The summed E-state index contributed by atoms with van der Waals surface area (Å²) in [5.74, 6) is 0. The van der Waals surface area contributed by atoms with Gasteiger partial charge in [-0.2, -0.15) is 13.2 Å². The number of halogens is 3. The Morgan fingerprint density at radius 3 is 2.24 bits per heavy atom. The second-order valence-electron chi connectivity index (χ2n) is 4.91. The maximum Gasteiger partial charge on any atom is 0.464 e. The molecule has 3 nitrogen and oxygen atoms in total. The second kappa shape index (κ2) is 6.58. The van der Waals surface area contributed by atoms with Crippen molar-refractivity contribution < 1.29 is 17.4 Å². The Morgan fingerprint density at radius 1 is 1.14 bits per heavy atom. The van der Waals surface area contributed by atoms with Crippen LogP contribution >= 0.6 is 11.9 Å². The van der Waals surface area contributed by atoms with E-state index in [9.17, 15) is 17.4 Å². The molecule has 1 fully saturated rings. The van der Waals surface area contributed by atoms with Gasteiger partial charge in [0.25, 0.3) is 0 Å². The lowest BCUT2D eigenvalue weighted by atomic mass is 10.2. The highest BCUT2D eigenvalue weighted by Gasteiger charge is 2.32. The number of benzene rings is 1. The standard InChI is InChI=1S/C13H17F3N2OS2/c1-11-5-7-12(8-6-11)21(19,17-20-13(14,15)16)18-9-3-2-4-10-18/h5-8H,2-4,9-10H2,1H3. The van der Waals surface area contributed by atoms with E-state index in [1.54, 1.807) is 28.6 Å². The van der Waals surface area contributed by atoms with Crippen molar-refractivity contribution in [3.63, 3.8) is 0 Å². The molecule has 1 saturated heterocycles. The van der Waals surface area contributed by atoms with Crippen molar-refractivity contribution in [3.8, 4) is 0 Å². The third kappa shape index (κ3) is 4.37. The van der Waals surface area contributed by atoms with E-state index in [0.717, 1.165) is 24.8 Å². The van der Waals surface area contributed by atoms with Crippen LogP contribution in [0.3, 0.4) is 0 Å². The molecular weight excluding hydrogens is 321 g/mol. The van der Waals surface area contributed by atoms with Gasteiger partial charge in [-0.25, -0.2) is 8.51 Å². The first kappa shape index (κ1) is 16.6. The summed E-state index contributed by atoms with van der Waals surface area (Å²) in [7, 11) is -3.22. The van der Waals surface area contributed by atoms with Gasteiger partial charge in [0, 0.05) is 13.1 Å². The minimum Gasteiger partial charge on any atom is -0.227 e. The number of nitrogens with zero attached hydrogens (tertiary/aromatic N) is 2. The summed E-state index contributed by atoms with van der Waals surface area (Å²) in [6.07, 6.45) is 2.66. The molecule has 0 N–H and O–H groups in total. The highest BCUT2D eigenvalue weighted by atomic mass is 32.3. The first-order chi connectivity index (χ1) is 9.81. The molecule has 0 aromatic heterocycles. The van der Waals surface area contributed by atoms with Crippen molar-refractivity contribution in [2.24, 2.45) is 3.77 Å². The maximum atomic E-state index is 13.1. The summed E-state index contributed by atoms with van der Waals surface area (Å²) >= 11 is -0.559. The van der Waals surface area contributed by atoms with Crippen LogP contribution in [0, 0.1) is 6.92 Å². The Labute approximate surface area is 127 Å². The Kier molecular flexibility index (Phi) is 5.21. The predicted molar refractivity (Wildman–Crippen MR) is 79.1 cm³/mol. The molecule has 0 bridgehead atoms. The van der Waals surface area contributed by atoms with Crippen LogP contribution in [-0.2, 0) is 9.92 Å². The Bertz CT molecular complexity index is 586. The molecule has 21 heavy (non-hydrogen) atoms. The highest BCUT2D eigenvalue weighted by molar-refractivity contribution is 8.07. The van der Waals surface area contributed by atoms with Crippen LogP contribution in [0.5, 0.6) is 0 Å². The third-order valence-electron chi connectivity index (χ3n) is 3.23. The number of piperidine rings is 1. The van der Waals surface area contributed by atoms with E-state index in [0.29, 0.717) is 18.0 Å². The van der Waals surface area contributed by atoms with Crippen molar-refractivity contribution in [2.45, 2.75) is 36.6 Å². The first-order valence-electron chi connectivity index (χ1n) is 6.64. The van der Waals surface area contributed by atoms with Crippen LogP contribution in [0.1, 0.15) is 24.8 Å². The minimum atomic E-state index is -4.52. The summed E-state index contributed by atoms with van der Waals surface area (Å²) in [5.41, 5.74) is -3.56. The van der Waals surface area contributed by atoms with Crippen molar-refractivity contribution in [3.05, 3.63) is 29.8 Å². The molecular formula is C13H17F3N2OS2. The molecule has 0 aliphatic carbocycles. The average Bonchev–Trinajstić information content (AvgIpc) is 2.46. The topological polar surface area (TPSA) is 32.7 Å². The van der Waals surface area contributed by atoms with Gasteiger partial charge >= 0.3 is 5.51 Å². The van der Waals surface area contributed by atoms with Gasteiger partial charge in [-0.05, 0) is 31.9 Å². The summed E-state index contributed by atoms with van der Waals surface area (Å²) in [6.45, 7) is 2.89. The predicted octanol–water partition coefficient (Wildman–Crippen LogP) is 4.39. The molecule has 0 spiro atoms. The van der Waals surface area contributed by atoms with E-state index in [2.05, 4.69) is 3.77 Å². The SMILES string of the molecule is Cc1ccc(S(=O)(=NSC(F)(F)F)N2CCCCC2)cc1. The molecule has 0 radical (unpaired) electrons. The number of aryl methyl sites for hydroxylation is 1. The van der Waals surface area contributed by atoms with Gasteiger partial charge in [-0.1, -0.05) is 24.1 Å². The molecule has 1 aromatic carbocycles. The molecule has 1 aliphatic rings. The fraction of sp³-hybridized carbons (Fsp3) is 0.538. The van der Waals surface area contributed by atoms with Crippen LogP contribution in [-0.4, -0.2) is 27.1 Å². The lowest BCUT2D eigenvalue weighted by Crippen LogP contribution is -2.35. The number of rotatable bonds is 3. The van der Waals surface area contributed by atoms with Gasteiger partial charge < -0.3 is 0 Å². The molecule has 1 unspecified atom stereocenters. The van der Waals surface area contributed by atoms with Crippen LogP contribution in [0.2, 0.25) is 0 Å². The maximum absolute atomic E-state index is 13.1. The van der Waals surface area contributed by atoms with Gasteiger partial charge in [0.15, 0.2) is 9.92 Å².